The predicted molar refractivity (Wildman–Crippen MR) is 87.0 cm³/mol. The van der Waals surface area contributed by atoms with E-state index in [2.05, 4.69) is 22.0 Å². The molecule has 1 atom stereocenters. The lowest BCUT2D eigenvalue weighted by molar-refractivity contribution is 0.304. The highest BCUT2D eigenvalue weighted by atomic mass is 79.9. The molecule has 4 heteroatoms. The van der Waals surface area contributed by atoms with Gasteiger partial charge in [-0.05, 0) is 64.7 Å². The first-order chi connectivity index (χ1) is 10.1. The second-order valence-electron chi connectivity index (χ2n) is 5.04. The number of nitrogens with zero attached hydrogens (tertiary/aromatic N) is 1. The lowest BCUT2D eigenvalue weighted by Crippen LogP contribution is -2.17. The molecule has 0 aliphatic heterocycles. The molecule has 3 nitrogen and oxygen atoms in total. The molecule has 0 amide bonds. The lowest BCUT2D eigenvalue weighted by atomic mass is 10.1. The van der Waals surface area contributed by atoms with Gasteiger partial charge in [0.25, 0.3) is 0 Å². The van der Waals surface area contributed by atoms with Crippen molar-refractivity contribution < 1.29 is 4.74 Å². The average Bonchev–Trinajstić information content (AvgIpc) is 2.46. The van der Waals surface area contributed by atoms with Crippen molar-refractivity contribution in [3.05, 3.63) is 63.6 Å². The highest BCUT2D eigenvalue weighted by molar-refractivity contribution is 9.10. The van der Waals surface area contributed by atoms with Crippen LogP contribution in [0.2, 0.25) is 0 Å². The SMILES string of the molecule is CC(N)Cc1ccc(OCc2ccc(C#N)cc2)c(Br)c1. The van der Waals surface area contributed by atoms with Gasteiger partial charge in [-0.25, -0.2) is 0 Å². The number of benzene rings is 2. The average molecular weight is 345 g/mol. The third-order valence-corrected chi connectivity index (χ3v) is 3.65. The molecule has 0 heterocycles. The van der Waals surface area contributed by atoms with Crippen LogP contribution < -0.4 is 10.5 Å². The topological polar surface area (TPSA) is 59.0 Å². The number of halogens is 1. The normalized spacial score (nSPS) is 11.7. The number of nitriles is 1. The summed E-state index contributed by atoms with van der Waals surface area (Å²) in [6.45, 7) is 2.46. The zero-order valence-corrected chi connectivity index (χ0v) is 13.4. The van der Waals surface area contributed by atoms with Crippen molar-refractivity contribution in [1.29, 1.82) is 5.26 Å². The number of rotatable bonds is 5. The first-order valence-corrected chi connectivity index (χ1v) is 7.53. The lowest BCUT2D eigenvalue weighted by Gasteiger charge is -2.11. The molecule has 0 aromatic heterocycles. The predicted octanol–water partition coefficient (Wildman–Crippen LogP) is 3.79. The molecule has 2 aromatic rings. The van der Waals surface area contributed by atoms with E-state index in [0.29, 0.717) is 12.2 Å². The van der Waals surface area contributed by atoms with Crippen LogP contribution in [0.4, 0.5) is 0 Å². The van der Waals surface area contributed by atoms with Gasteiger partial charge in [-0.15, -0.1) is 0 Å². The fourth-order valence-corrected chi connectivity index (χ4v) is 2.54. The maximum Gasteiger partial charge on any atom is 0.134 e. The van der Waals surface area contributed by atoms with E-state index in [1.54, 1.807) is 12.1 Å². The van der Waals surface area contributed by atoms with E-state index in [-0.39, 0.29) is 6.04 Å². The Morgan fingerprint density at radius 3 is 2.43 bits per heavy atom. The molecule has 0 aliphatic rings. The summed E-state index contributed by atoms with van der Waals surface area (Å²) in [7, 11) is 0. The van der Waals surface area contributed by atoms with Gasteiger partial charge in [0.15, 0.2) is 0 Å². The Kier molecular flexibility index (Phi) is 5.38. The van der Waals surface area contributed by atoms with Crippen LogP contribution in [-0.4, -0.2) is 6.04 Å². The zero-order chi connectivity index (χ0) is 15.2. The van der Waals surface area contributed by atoms with Crippen molar-refractivity contribution in [2.75, 3.05) is 0 Å². The van der Waals surface area contributed by atoms with Crippen LogP contribution in [0.3, 0.4) is 0 Å². The van der Waals surface area contributed by atoms with Crippen molar-refractivity contribution in [3.63, 3.8) is 0 Å². The summed E-state index contributed by atoms with van der Waals surface area (Å²) < 4.78 is 6.72. The summed E-state index contributed by atoms with van der Waals surface area (Å²) in [5, 5.41) is 8.76. The minimum absolute atomic E-state index is 0.141. The fourth-order valence-electron chi connectivity index (χ4n) is 2.00. The van der Waals surface area contributed by atoms with Gasteiger partial charge in [-0.3, -0.25) is 0 Å². The molecule has 2 rings (SSSR count). The second kappa shape index (κ2) is 7.26. The van der Waals surface area contributed by atoms with Crippen molar-refractivity contribution in [1.82, 2.24) is 0 Å². The van der Waals surface area contributed by atoms with Gasteiger partial charge in [0, 0.05) is 6.04 Å². The van der Waals surface area contributed by atoms with E-state index in [1.807, 2.05) is 37.3 Å². The van der Waals surface area contributed by atoms with E-state index in [0.717, 1.165) is 22.2 Å². The summed E-state index contributed by atoms with van der Waals surface area (Å²) >= 11 is 3.52. The number of nitrogens with two attached hydrogens (primary N) is 1. The monoisotopic (exact) mass is 344 g/mol. The maximum absolute atomic E-state index is 8.76. The van der Waals surface area contributed by atoms with Crippen LogP contribution in [0, 0.1) is 11.3 Å². The Morgan fingerprint density at radius 1 is 1.19 bits per heavy atom. The van der Waals surface area contributed by atoms with Crippen molar-refractivity contribution >= 4 is 15.9 Å². The van der Waals surface area contributed by atoms with E-state index >= 15 is 0 Å². The van der Waals surface area contributed by atoms with Crippen LogP contribution in [0.15, 0.2) is 46.9 Å². The first kappa shape index (κ1) is 15.6. The largest absolute Gasteiger partial charge is 0.488 e. The number of ether oxygens (including phenoxy) is 1. The van der Waals surface area contributed by atoms with Gasteiger partial charge in [-0.2, -0.15) is 5.26 Å². The standard InChI is InChI=1S/C17H17BrN2O/c1-12(20)8-15-6-7-17(16(18)9-15)21-11-14-4-2-13(10-19)3-5-14/h2-7,9,12H,8,11,20H2,1H3. The number of hydrogen-bond acceptors (Lipinski definition) is 3. The molecule has 2 aromatic carbocycles. The third-order valence-electron chi connectivity index (χ3n) is 3.03. The minimum atomic E-state index is 0.141. The Morgan fingerprint density at radius 2 is 1.86 bits per heavy atom. The van der Waals surface area contributed by atoms with E-state index in [9.17, 15) is 0 Å². The molecular formula is C17H17BrN2O. The Labute approximate surface area is 133 Å². The summed E-state index contributed by atoms with van der Waals surface area (Å²) in [5.74, 6) is 0.799. The Balaban J connectivity index is 2.01. The Hall–Kier alpha value is -1.83. The smallest absolute Gasteiger partial charge is 0.134 e. The molecule has 0 saturated heterocycles. The molecule has 0 fully saturated rings. The summed E-state index contributed by atoms with van der Waals surface area (Å²) in [6.07, 6.45) is 0.842. The molecule has 21 heavy (non-hydrogen) atoms. The van der Waals surface area contributed by atoms with Crippen LogP contribution in [-0.2, 0) is 13.0 Å². The molecular weight excluding hydrogens is 328 g/mol. The zero-order valence-electron chi connectivity index (χ0n) is 11.8. The molecule has 0 radical (unpaired) electrons. The number of hydrogen-bond donors (Lipinski definition) is 1. The summed E-state index contributed by atoms with van der Waals surface area (Å²) in [5.41, 5.74) is 8.67. The second-order valence-corrected chi connectivity index (χ2v) is 5.90. The maximum atomic E-state index is 8.76. The van der Waals surface area contributed by atoms with Crippen molar-refractivity contribution in [3.8, 4) is 11.8 Å². The first-order valence-electron chi connectivity index (χ1n) is 6.74. The van der Waals surface area contributed by atoms with Gasteiger partial charge in [0.2, 0.25) is 0 Å². The molecule has 1 unspecified atom stereocenters. The highest BCUT2D eigenvalue weighted by Crippen LogP contribution is 2.27. The molecule has 0 bridgehead atoms. The van der Waals surface area contributed by atoms with Gasteiger partial charge in [-0.1, -0.05) is 18.2 Å². The van der Waals surface area contributed by atoms with Crippen molar-refractivity contribution in [2.45, 2.75) is 26.0 Å². The molecule has 0 spiro atoms. The molecule has 108 valence electrons. The molecule has 0 aliphatic carbocycles. The highest BCUT2D eigenvalue weighted by Gasteiger charge is 2.05. The molecule has 0 saturated carbocycles. The molecule has 2 N–H and O–H groups in total. The Bertz CT molecular complexity index is 645. The van der Waals surface area contributed by atoms with E-state index in [4.69, 9.17) is 15.7 Å². The fraction of sp³-hybridized carbons (Fsp3) is 0.235. The summed E-state index contributed by atoms with van der Waals surface area (Å²) in [6, 6.07) is 15.6. The van der Waals surface area contributed by atoms with Crippen molar-refractivity contribution in [2.24, 2.45) is 5.73 Å². The van der Waals surface area contributed by atoms with Crippen LogP contribution in [0.5, 0.6) is 5.75 Å². The van der Waals surface area contributed by atoms with Crippen LogP contribution in [0.1, 0.15) is 23.6 Å². The minimum Gasteiger partial charge on any atom is -0.488 e. The van der Waals surface area contributed by atoms with Crippen LogP contribution in [0.25, 0.3) is 0 Å². The van der Waals surface area contributed by atoms with E-state index in [1.165, 1.54) is 5.56 Å². The van der Waals surface area contributed by atoms with Gasteiger partial charge in [0.05, 0.1) is 16.1 Å². The van der Waals surface area contributed by atoms with Gasteiger partial charge >= 0.3 is 0 Å². The van der Waals surface area contributed by atoms with Gasteiger partial charge in [0.1, 0.15) is 12.4 Å². The van der Waals surface area contributed by atoms with E-state index < -0.39 is 0 Å². The van der Waals surface area contributed by atoms with Crippen LogP contribution >= 0.6 is 15.9 Å². The third kappa shape index (κ3) is 4.59. The quantitative estimate of drug-likeness (QED) is 0.897. The summed E-state index contributed by atoms with van der Waals surface area (Å²) in [4.78, 5) is 0. The van der Waals surface area contributed by atoms with Gasteiger partial charge < -0.3 is 10.5 Å².